The van der Waals surface area contributed by atoms with Crippen LogP contribution in [0.1, 0.15) is 24.8 Å². The van der Waals surface area contributed by atoms with Crippen LogP contribution in [-0.4, -0.2) is 31.4 Å². The Morgan fingerprint density at radius 3 is 2.71 bits per heavy atom. The highest BCUT2D eigenvalue weighted by Crippen LogP contribution is 2.16. The smallest absolute Gasteiger partial charge is 0.122 e. The molecule has 0 aliphatic carbocycles. The number of aliphatic hydroxyl groups is 1. The zero-order valence-corrected chi connectivity index (χ0v) is 10.6. The standard InChI is InChI=1S/C14H23NO2/c1-13-7-3-4-8-14(13)17-12-6-2-5-9-15-10-11-16/h3-4,7-8,15-16H,2,5-6,9-12H2,1H3. The monoisotopic (exact) mass is 237 g/mol. The first-order valence-electron chi connectivity index (χ1n) is 6.34. The van der Waals surface area contributed by atoms with Gasteiger partial charge in [-0.25, -0.2) is 0 Å². The molecule has 0 saturated carbocycles. The van der Waals surface area contributed by atoms with Crippen LogP contribution >= 0.6 is 0 Å². The number of nitrogens with one attached hydrogen (secondary N) is 1. The van der Waals surface area contributed by atoms with Crippen LogP contribution in [0.4, 0.5) is 0 Å². The fourth-order valence-electron chi connectivity index (χ4n) is 1.63. The Bertz CT molecular complexity index is 302. The fourth-order valence-corrected chi connectivity index (χ4v) is 1.63. The molecule has 3 heteroatoms. The van der Waals surface area contributed by atoms with E-state index >= 15 is 0 Å². The van der Waals surface area contributed by atoms with Crippen molar-refractivity contribution in [3.8, 4) is 5.75 Å². The van der Waals surface area contributed by atoms with Crippen LogP contribution in [0.25, 0.3) is 0 Å². The van der Waals surface area contributed by atoms with Gasteiger partial charge in [-0.15, -0.1) is 0 Å². The normalized spacial score (nSPS) is 10.5. The van der Waals surface area contributed by atoms with Crippen molar-refractivity contribution in [2.45, 2.75) is 26.2 Å². The summed E-state index contributed by atoms with van der Waals surface area (Å²) in [5.41, 5.74) is 1.19. The maximum atomic E-state index is 8.58. The minimum Gasteiger partial charge on any atom is -0.493 e. The average Bonchev–Trinajstić information content (AvgIpc) is 2.35. The lowest BCUT2D eigenvalue weighted by Crippen LogP contribution is -2.19. The summed E-state index contributed by atoms with van der Waals surface area (Å²) in [6, 6.07) is 8.10. The molecule has 0 amide bonds. The summed E-state index contributed by atoms with van der Waals surface area (Å²) in [5.74, 6) is 0.992. The molecular weight excluding hydrogens is 214 g/mol. The fraction of sp³-hybridized carbons (Fsp3) is 0.571. The molecule has 96 valence electrons. The number of para-hydroxylation sites is 1. The SMILES string of the molecule is Cc1ccccc1OCCCCCNCCO. The third kappa shape index (κ3) is 6.29. The molecule has 2 N–H and O–H groups in total. The first-order valence-corrected chi connectivity index (χ1v) is 6.34. The lowest BCUT2D eigenvalue weighted by Gasteiger charge is -2.08. The van der Waals surface area contributed by atoms with Crippen molar-refractivity contribution >= 4 is 0 Å². The Kier molecular flexibility index (Phi) is 7.43. The Balaban J connectivity index is 1.99. The molecule has 0 bridgehead atoms. The van der Waals surface area contributed by atoms with Crippen molar-refractivity contribution in [2.24, 2.45) is 0 Å². The van der Waals surface area contributed by atoms with Crippen LogP contribution in [0, 0.1) is 6.92 Å². The molecule has 0 atom stereocenters. The van der Waals surface area contributed by atoms with Crippen LogP contribution in [0.5, 0.6) is 5.75 Å². The zero-order valence-electron chi connectivity index (χ0n) is 10.6. The Morgan fingerprint density at radius 2 is 1.94 bits per heavy atom. The molecule has 0 fully saturated rings. The molecule has 0 unspecified atom stereocenters. The van der Waals surface area contributed by atoms with E-state index in [9.17, 15) is 0 Å². The number of aryl methyl sites for hydroxylation is 1. The van der Waals surface area contributed by atoms with E-state index in [0.717, 1.165) is 38.2 Å². The predicted octanol–water partition coefficient (Wildman–Crippen LogP) is 2.13. The number of ether oxygens (including phenoxy) is 1. The third-order valence-corrected chi connectivity index (χ3v) is 2.64. The largest absolute Gasteiger partial charge is 0.493 e. The van der Waals surface area contributed by atoms with Gasteiger partial charge in [0.25, 0.3) is 0 Å². The minimum atomic E-state index is 0.219. The van der Waals surface area contributed by atoms with Crippen molar-refractivity contribution in [3.05, 3.63) is 29.8 Å². The van der Waals surface area contributed by atoms with Gasteiger partial charge in [0.1, 0.15) is 5.75 Å². The minimum absolute atomic E-state index is 0.219. The van der Waals surface area contributed by atoms with Crippen LogP contribution in [0.15, 0.2) is 24.3 Å². The molecule has 0 spiro atoms. The Labute approximate surface area is 104 Å². The Morgan fingerprint density at radius 1 is 1.12 bits per heavy atom. The maximum absolute atomic E-state index is 8.58. The number of unbranched alkanes of at least 4 members (excludes halogenated alkanes) is 2. The van der Waals surface area contributed by atoms with Gasteiger partial charge in [-0.3, -0.25) is 0 Å². The summed E-state index contributed by atoms with van der Waals surface area (Å²) < 4.78 is 5.70. The first kappa shape index (κ1) is 14.0. The van der Waals surface area contributed by atoms with Crippen molar-refractivity contribution in [1.29, 1.82) is 0 Å². The highest BCUT2D eigenvalue weighted by molar-refractivity contribution is 5.31. The lowest BCUT2D eigenvalue weighted by atomic mass is 10.2. The molecule has 0 aliphatic rings. The molecule has 1 aromatic rings. The molecule has 0 radical (unpaired) electrons. The highest BCUT2D eigenvalue weighted by Gasteiger charge is 1.97. The second-order valence-corrected chi connectivity index (χ2v) is 4.15. The first-order chi connectivity index (χ1) is 8.34. The molecule has 1 rings (SSSR count). The van der Waals surface area contributed by atoms with E-state index in [4.69, 9.17) is 9.84 Å². The van der Waals surface area contributed by atoms with Crippen LogP contribution in [0.2, 0.25) is 0 Å². The van der Waals surface area contributed by atoms with Crippen molar-refractivity contribution in [1.82, 2.24) is 5.32 Å². The van der Waals surface area contributed by atoms with Gasteiger partial charge < -0.3 is 15.2 Å². The van der Waals surface area contributed by atoms with E-state index in [-0.39, 0.29) is 6.61 Å². The van der Waals surface area contributed by atoms with Gasteiger partial charge in [-0.1, -0.05) is 18.2 Å². The summed E-state index contributed by atoms with van der Waals surface area (Å²) in [4.78, 5) is 0. The second kappa shape index (κ2) is 9.02. The number of benzene rings is 1. The van der Waals surface area contributed by atoms with Crippen molar-refractivity contribution in [3.63, 3.8) is 0 Å². The zero-order chi connectivity index (χ0) is 12.3. The van der Waals surface area contributed by atoms with Crippen LogP contribution in [-0.2, 0) is 0 Å². The van der Waals surface area contributed by atoms with Gasteiger partial charge in [0.15, 0.2) is 0 Å². The highest BCUT2D eigenvalue weighted by atomic mass is 16.5. The number of hydrogen-bond donors (Lipinski definition) is 2. The summed E-state index contributed by atoms with van der Waals surface area (Å²) in [7, 11) is 0. The van der Waals surface area contributed by atoms with Crippen molar-refractivity contribution < 1.29 is 9.84 Å². The average molecular weight is 237 g/mol. The van der Waals surface area contributed by atoms with Gasteiger partial charge in [-0.05, 0) is 44.4 Å². The van der Waals surface area contributed by atoms with E-state index < -0.39 is 0 Å². The van der Waals surface area contributed by atoms with Crippen molar-refractivity contribution in [2.75, 3.05) is 26.3 Å². The summed E-state index contributed by atoms with van der Waals surface area (Å²) >= 11 is 0. The van der Waals surface area contributed by atoms with E-state index in [1.54, 1.807) is 0 Å². The van der Waals surface area contributed by atoms with Gasteiger partial charge >= 0.3 is 0 Å². The Hall–Kier alpha value is -1.06. The molecular formula is C14H23NO2. The van der Waals surface area contributed by atoms with E-state index in [1.165, 1.54) is 5.56 Å². The second-order valence-electron chi connectivity index (χ2n) is 4.15. The molecule has 0 saturated heterocycles. The topological polar surface area (TPSA) is 41.5 Å². The molecule has 3 nitrogen and oxygen atoms in total. The van der Waals surface area contributed by atoms with E-state index in [2.05, 4.69) is 18.3 Å². The third-order valence-electron chi connectivity index (χ3n) is 2.64. The van der Waals surface area contributed by atoms with Gasteiger partial charge in [0.05, 0.1) is 13.2 Å². The lowest BCUT2D eigenvalue weighted by molar-refractivity contribution is 0.288. The summed E-state index contributed by atoms with van der Waals surface area (Å²) in [6.07, 6.45) is 3.37. The van der Waals surface area contributed by atoms with Crippen LogP contribution < -0.4 is 10.1 Å². The van der Waals surface area contributed by atoms with Gasteiger partial charge in [-0.2, -0.15) is 0 Å². The number of aliphatic hydroxyl groups excluding tert-OH is 1. The van der Waals surface area contributed by atoms with Crippen LogP contribution in [0.3, 0.4) is 0 Å². The van der Waals surface area contributed by atoms with Gasteiger partial charge in [0, 0.05) is 6.54 Å². The maximum Gasteiger partial charge on any atom is 0.122 e. The molecule has 0 aromatic heterocycles. The van der Waals surface area contributed by atoms with E-state index in [0.29, 0.717) is 6.54 Å². The molecule has 17 heavy (non-hydrogen) atoms. The van der Waals surface area contributed by atoms with E-state index in [1.807, 2.05) is 18.2 Å². The molecule has 1 aromatic carbocycles. The molecule has 0 aliphatic heterocycles. The number of hydrogen-bond acceptors (Lipinski definition) is 3. The number of rotatable bonds is 9. The van der Waals surface area contributed by atoms with Gasteiger partial charge in [0.2, 0.25) is 0 Å². The summed E-state index contributed by atoms with van der Waals surface area (Å²) in [5, 5.41) is 11.7. The molecule has 0 heterocycles. The predicted molar refractivity (Wildman–Crippen MR) is 70.5 cm³/mol. The quantitative estimate of drug-likeness (QED) is 0.646. The summed E-state index contributed by atoms with van der Waals surface area (Å²) in [6.45, 7) is 4.74.